The molecule has 2 N–H and O–H groups in total. The van der Waals surface area contributed by atoms with Crippen LogP contribution in [0.25, 0.3) is 5.82 Å². The predicted octanol–water partition coefficient (Wildman–Crippen LogP) is 3.33. The molecule has 8 heteroatoms. The van der Waals surface area contributed by atoms with E-state index < -0.39 is 0 Å². The summed E-state index contributed by atoms with van der Waals surface area (Å²) in [6.45, 7) is 5.35. The Kier molecular flexibility index (Phi) is 8.91. The number of aliphatic imine (C=N–C) groups is 1. The molecule has 2 heterocycles. The number of hydrogen-bond donors (Lipinski definition) is 2. The van der Waals surface area contributed by atoms with E-state index in [-0.39, 0.29) is 30.1 Å². The van der Waals surface area contributed by atoms with E-state index in [1.54, 1.807) is 24.1 Å². The third kappa shape index (κ3) is 7.04. The van der Waals surface area contributed by atoms with Crippen LogP contribution in [0.1, 0.15) is 18.1 Å². The van der Waals surface area contributed by atoms with E-state index >= 15 is 0 Å². The molecular formula is C21H27IN6O. The molecule has 0 aliphatic heterocycles. The van der Waals surface area contributed by atoms with Gasteiger partial charge in [0, 0.05) is 32.2 Å². The number of hydrogen-bond acceptors (Lipinski definition) is 4. The van der Waals surface area contributed by atoms with Crippen LogP contribution in [0.3, 0.4) is 0 Å². The molecular weight excluding hydrogens is 479 g/mol. The number of guanidine groups is 1. The van der Waals surface area contributed by atoms with Gasteiger partial charge in [-0.3, -0.25) is 4.99 Å². The van der Waals surface area contributed by atoms with Crippen molar-refractivity contribution in [2.45, 2.75) is 26.5 Å². The monoisotopic (exact) mass is 506 g/mol. The maximum atomic E-state index is 5.95. The molecule has 154 valence electrons. The second-order valence-electron chi connectivity index (χ2n) is 6.52. The lowest BCUT2D eigenvalue weighted by Crippen LogP contribution is -2.41. The Morgan fingerprint density at radius 1 is 1.17 bits per heavy atom. The molecule has 1 atom stereocenters. The molecule has 7 nitrogen and oxygen atoms in total. The quantitative estimate of drug-likeness (QED) is 0.292. The number of nitrogens with one attached hydrogen (secondary N) is 2. The fraction of sp³-hybridized carbons (Fsp3) is 0.286. The maximum Gasteiger partial charge on any atom is 0.191 e. The lowest BCUT2D eigenvalue weighted by atomic mass is 10.2. The van der Waals surface area contributed by atoms with Gasteiger partial charge in [-0.1, -0.05) is 12.1 Å². The van der Waals surface area contributed by atoms with Crippen LogP contribution < -0.4 is 15.4 Å². The first kappa shape index (κ1) is 22.7. The average molecular weight is 506 g/mol. The van der Waals surface area contributed by atoms with Crippen LogP contribution in [-0.4, -0.2) is 40.4 Å². The number of nitrogens with zero attached hydrogens (tertiary/aromatic N) is 4. The zero-order chi connectivity index (χ0) is 19.8. The maximum absolute atomic E-state index is 5.95. The fourth-order valence-electron chi connectivity index (χ4n) is 2.71. The van der Waals surface area contributed by atoms with Crippen molar-refractivity contribution in [3.05, 3.63) is 72.2 Å². The van der Waals surface area contributed by atoms with Crippen molar-refractivity contribution in [2.24, 2.45) is 4.99 Å². The molecule has 0 spiro atoms. The number of aryl methyl sites for hydroxylation is 1. The zero-order valence-electron chi connectivity index (χ0n) is 16.9. The Labute approximate surface area is 188 Å². The topological polar surface area (TPSA) is 76.4 Å². The molecule has 0 aliphatic rings. The van der Waals surface area contributed by atoms with Crippen molar-refractivity contribution in [1.29, 1.82) is 0 Å². The molecule has 0 fully saturated rings. The molecule has 0 radical (unpaired) electrons. The number of halogens is 1. The van der Waals surface area contributed by atoms with E-state index in [1.807, 2.05) is 49.5 Å². The summed E-state index contributed by atoms with van der Waals surface area (Å²) in [6.07, 6.45) is 5.39. The number of aromatic nitrogens is 3. The third-order valence-electron chi connectivity index (χ3n) is 4.12. The largest absolute Gasteiger partial charge is 0.489 e. The SMILES string of the molecule is CN=C(NCc1ccnc(-n2cccn2)c1)NCC(C)Oc1cccc(C)c1.I. The van der Waals surface area contributed by atoms with Crippen molar-refractivity contribution < 1.29 is 4.74 Å². The minimum absolute atomic E-state index is 0. The molecule has 0 bridgehead atoms. The van der Waals surface area contributed by atoms with Crippen molar-refractivity contribution >= 4 is 29.9 Å². The van der Waals surface area contributed by atoms with Gasteiger partial charge in [0.05, 0.1) is 6.54 Å². The number of rotatable bonds is 7. The molecule has 29 heavy (non-hydrogen) atoms. The normalized spacial score (nSPS) is 12.0. The standard InChI is InChI=1S/C21H26N6O.HI/c1-16-6-4-7-19(12-16)28-17(2)14-24-21(22-3)25-15-18-8-10-23-20(13-18)27-11-5-9-26-27;/h4-13,17H,14-15H2,1-3H3,(H2,22,24,25);1H. The van der Waals surface area contributed by atoms with Crippen molar-refractivity contribution in [1.82, 2.24) is 25.4 Å². The van der Waals surface area contributed by atoms with Crippen molar-refractivity contribution in [3.63, 3.8) is 0 Å². The van der Waals surface area contributed by atoms with E-state index in [2.05, 4.69) is 38.7 Å². The van der Waals surface area contributed by atoms with E-state index in [4.69, 9.17) is 4.74 Å². The number of pyridine rings is 1. The first-order chi connectivity index (χ1) is 13.6. The summed E-state index contributed by atoms with van der Waals surface area (Å²) in [5.41, 5.74) is 2.27. The molecule has 0 amide bonds. The Bertz CT molecular complexity index is 913. The van der Waals surface area contributed by atoms with Gasteiger partial charge in [-0.2, -0.15) is 5.10 Å². The van der Waals surface area contributed by atoms with E-state index in [0.29, 0.717) is 13.1 Å². The average Bonchev–Trinajstić information content (AvgIpc) is 3.23. The summed E-state index contributed by atoms with van der Waals surface area (Å²) >= 11 is 0. The van der Waals surface area contributed by atoms with Crippen molar-refractivity contribution in [2.75, 3.05) is 13.6 Å². The van der Waals surface area contributed by atoms with Gasteiger partial charge in [-0.25, -0.2) is 9.67 Å². The summed E-state index contributed by atoms with van der Waals surface area (Å²) in [4.78, 5) is 8.62. The van der Waals surface area contributed by atoms with Gasteiger partial charge in [-0.15, -0.1) is 24.0 Å². The van der Waals surface area contributed by atoms with Gasteiger partial charge in [0.2, 0.25) is 0 Å². The number of ether oxygens (including phenoxy) is 1. The molecule has 0 saturated carbocycles. The Morgan fingerprint density at radius 2 is 2.03 bits per heavy atom. The van der Waals surface area contributed by atoms with Gasteiger partial charge < -0.3 is 15.4 Å². The van der Waals surface area contributed by atoms with Gasteiger partial charge in [0.1, 0.15) is 11.9 Å². The highest BCUT2D eigenvalue weighted by atomic mass is 127. The summed E-state index contributed by atoms with van der Waals surface area (Å²) in [7, 11) is 1.75. The molecule has 0 saturated heterocycles. The summed E-state index contributed by atoms with van der Waals surface area (Å²) in [6, 6.07) is 13.9. The van der Waals surface area contributed by atoms with Crippen molar-refractivity contribution in [3.8, 4) is 11.6 Å². The molecule has 1 unspecified atom stereocenters. The van der Waals surface area contributed by atoms with Crippen LogP contribution in [0.4, 0.5) is 0 Å². The highest BCUT2D eigenvalue weighted by Crippen LogP contribution is 2.13. The van der Waals surface area contributed by atoms with Crippen LogP contribution in [-0.2, 0) is 6.54 Å². The second-order valence-corrected chi connectivity index (χ2v) is 6.52. The minimum Gasteiger partial charge on any atom is -0.489 e. The van der Waals surface area contributed by atoms with Gasteiger partial charge >= 0.3 is 0 Å². The third-order valence-corrected chi connectivity index (χ3v) is 4.12. The first-order valence-corrected chi connectivity index (χ1v) is 9.27. The Hall–Kier alpha value is -2.62. The lowest BCUT2D eigenvalue weighted by molar-refractivity contribution is 0.223. The molecule has 2 aromatic heterocycles. The van der Waals surface area contributed by atoms with Crippen LogP contribution in [0.2, 0.25) is 0 Å². The fourth-order valence-corrected chi connectivity index (χ4v) is 2.71. The van der Waals surface area contributed by atoms with Crippen LogP contribution in [0, 0.1) is 6.92 Å². The molecule has 1 aromatic carbocycles. The van der Waals surface area contributed by atoms with E-state index in [9.17, 15) is 0 Å². The van der Waals surface area contributed by atoms with Crippen LogP contribution >= 0.6 is 24.0 Å². The van der Waals surface area contributed by atoms with Gasteiger partial charge in [0.15, 0.2) is 11.8 Å². The van der Waals surface area contributed by atoms with Gasteiger partial charge in [-0.05, 0) is 55.3 Å². The highest BCUT2D eigenvalue weighted by Gasteiger charge is 2.07. The molecule has 3 aromatic rings. The predicted molar refractivity (Wildman–Crippen MR) is 126 cm³/mol. The first-order valence-electron chi connectivity index (χ1n) is 9.27. The lowest BCUT2D eigenvalue weighted by Gasteiger charge is -2.18. The smallest absolute Gasteiger partial charge is 0.191 e. The van der Waals surface area contributed by atoms with E-state index in [0.717, 1.165) is 23.1 Å². The Balaban J connectivity index is 0.00000300. The molecule has 0 aliphatic carbocycles. The summed E-state index contributed by atoms with van der Waals surface area (Å²) < 4.78 is 7.68. The zero-order valence-corrected chi connectivity index (χ0v) is 19.2. The minimum atomic E-state index is 0. The molecule has 3 rings (SSSR count). The number of benzene rings is 1. The summed E-state index contributed by atoms with van der Waals surface area (Å²) in [5, 5.41) is 10.8. The van der Waals surface area contributed by atoms with Crippen LogP contribution in [0.15, 0.2) is 66.0 Å². The highest BCUT2D eigenvalue weighted by molar-refractivity contribution is 14.0. The summed E-state index contributed by atoms with van der Waals surface area (Å²) in [5.74, 6) is 2.38. The van der Waals surface area contributed by atoms with Gasteiger partial charge in [0.25, 0.3) is 0 Å². The second kappa shape index (κ2) is 11.4. The van der Waals surface area contributed by atoms with Crippen LogP contribution in [0.5, 0.6) is 5.75 Å². The van der Waals surface area contributed by atoms with E-state index in [1.165, 1.54) is 5.56 Å². The Morgan fingerprint density at radius 3 is 2.76 bits per heavy atom.